The van der Waals surface area contributed by atoms with Crippen LogP contribution >= 0.6 is 0 Å². The van der Waals surface area contributed by atoms with Gasteiger partial charge in [0.2, 0.25) is 11.8 Å². The third-order valence-electron chi connectivity index (χ3n) is 4.35. The number of nitrogens with one attached hydrogen (secondary N) is 1. The number of amides is 2. The average Bonchev–Trinajstić information content (AvgIpc) is 2.89. The molecule has 1 fully saturated rings. The average molecular weight is 304 g/mol. The normalized spacial score (nSPS) is 20.8. The van der Waals surface area contributed by atoms with E-state index in [2.05, 4.69) is 5.32 Å². The molecule has 3 unspecified atom stereocenters. The number of hydrogen-bond donors (Lipinski definition) is 2. The highest BCUT2D eigenvalue weighted by molar-refractivity contribution is 6.00. The van der Waals surface area contributed by atoms with Gasteiger partial charge in [-0.05, 0) is 31.9 Å². The van der Waals surface area contributed by atoms with Crippen molar-refractivity contribution < 1.29 is 14.7 Å². The van der Waals surface area contributed by atoms with Crippen molar-refractivity contribution >= 4 is 17.5 Å². The molecule has 0 bridgehead atoms. The van der Waals surface area contributed by atoms with Gasteiger partial charge in [-0.25, -0.2) is 0 Å². The van der Waals surface area contributed by atoms with Gasteiger partial charge in [0.15, 0.2) is 0 Å². The van der Waals surface area contributed by atoms with Gasteiger partial charge < -0.3 is 15.3 Å². The van der Waals surface area contributed by atoms with E-state index in [0.29, 0.717) is 6.54 Å². The summed E-state index contributed by atoms with van der Waals surface area (Å²) in [5.41, 5.74) is 1.97. The van der Waals surface area contributed by atoms with Gasteiger partial charge in [-0.2, -0.15) is 0 Å². The molecule has 0 spiro atoms. The van der Waals surface area contributed by atoms with Crippen LogP contribution in [0, 0.1) is 18.8 Å². The van der Waals surface area contributed by atoms with E-state index in [-0.39, 0.29) is 42.7 Å². The molecule has 2 rings (SSSR count). The lowest BCUT2D eigenvalue weighted by molar-refractivity contribution is -0.127. The molecule has 2 amide bonds. The summed E-state index contributed by atoms with van der Waals surface area (Å²) in [6, 6.07) is 7.62. The first-order valence-corrected chi connectivity index (χ1v) is 7.70. The van der Waals surface area contributed by atoms with E-state index in [9.17, 15) is 9.59 Å². The number of aliphatic hydroxyl groups excluding tert-OH is 1. The van der Waals surface area contributed by atoms with Crippen LogP contribution in [0.5, 0.6) is 0 Å². The lowest BCUT2D eigenvalue weighted by Gasteiger charge is -2.21. The zero-order valence-electron chi connectivity index (χ0n) is 13.4. The quantitative estimate of drug-likeness (QED) is 0.866. The maximum absolute atomic E-state index is 12.3. The predicted molar refractivity (Wildman–Crippen MR) is 85.5 cm³/mol. The predicted octanol–water partition coefficient (Wildman–Crippen LogP) is 1.48. The van der Waals surface area contributed by atoms with Crippen LogP contribution in [0.25, 0.3) is 0 Å². The van der Waals surface area contributed by atoms with Crippen molar-refractivity contribution in [3.05, 3.63) is 29.8 Å². The molecular weight excluding hydrogens is 280 g/mol. The summed E-state index contributed by atoms with van der Waals surface area (Å²) in [5.74, 6) is -0.473. The second-order valence-electron chi connectivity index (χ2n) is 6.20. The van der Waals surface area contributed by atoms with Crippen molar-refractivity contribution in [1.29, 1.82) is 0 Å². The van der Waals surface area contributed by atoms with Crippen LogP contribution in [0.1, 0.15) is 25.8 Å². The Bertz CT molecular complexity index is 541. The van der Waals surface area contributed by atoms with E-state index in [4.69, 9.17) is 5.11 Å². The fourth-order valence-corrected chi connectivity index (χ4v) is 2.50. The number of hydrogen-bond acceptors (Lipinski definition) is 3. The molecule has 1 heterocycles. The molecule has 120 valence electrons. The summed E-state index contributed by atoms with van der Waals surface area (Å²) in [5, 5.41) is 12.0. The van der Waals surface area contributed by atoms with Crippen LogP contribution in [-0.2, 0) is 9.59 Å². The topological polar surface area (TPSA) is 69.6 Å². The first-order valence-electron chi connectivity index (χ1n) is 7.70. The number of benzene rings is 1. The summed E-state index contributed by atoms with van der Waals surface area (Å²) >= 11 is 0. The fraction of sp³-hybridized carbons (Fsp3) is 0.529. The molecule has 22 heavy (non-hydrogen) atoms. The highest BCUT2D eigenvalue weighted by atomic mass is 16.3. The first kappa shape index (κ1) is 16.5. The van der Waals surface area contributed by atoms with Crippen LogP contribution < -0.4 is 10.2 Å². The zero-order valence-corrected chi connectivity index (χ0v) is 13.4. The summed E-state index contributed by atoms with van der Waals surface area (Å²) in [6.45, 7) is 6.18. The Labute approximate surface area is 131 Å². The molecule has 2 N–H and O–H groups in total. The molecule has 0 saturated carbocycles. The smallest absolute Gasteiger partial charge is 0.227 e. The molecule has 0 aromatic heterocycles. The van der Waals surface area contributed by atoms with Gasteiger partial charge >= 0.3 is 0 Å². The molecule has 1 aliphatic heterocycles. The Morgan fingerprint density at radius 1 is 1.36 bits per heavy atom. The van der Waals surface area contributed by atoms with E-state index in [1.54, 1.807) is 4.90 Å². The van der Waals surface area contributed by atoms with Gasteiger partial charge in [0.25, 0.3) is 0 Å². The molecule has 1 aromatic carbocycles. The summed E-state index contributed by atoms with van der Waals surface area (Å²) in [4.78, 5) is 26.1. The SMILES string of the molecule is Cc1ccc(N2CC(C(=O)NC(C)C(C)CO)CC2=O)cc1. The van der Waals surface area contributed by atoms with E-state index < -0.39 is 0 Å². The monoisotopic (exact) mass is 304 g/mol. The number of carbonyl (C=O) groups excluding carboxylic acids is 2. The first-order chi connectivity index (χ1) is 10.4. The second-order valence-corrected chi connectivity index (χ2v) is 6.20. The van der Waals surface area contributed by atoms with Crippen molar-refractivity contribution in [2.45, 2.75) is 33.2 Å². The number of rotatable bonds is 5. The molecule has 1 aliphatic rings. The fourth-order valence-electron chi connectivity index (χ4n) is 2.50. The molecule has 1 saturated heterocycles. The minimum absolute atomic E-state index is 0.00532. The number of aryl methyl sites for hydroxylation is 1. The lowest BCUT2D eigenvalue weighted by atomic mass is 10.0. The van der Waals surface area contributed by atoms with Gasteiger partial charge in [-0.3, -0.25) is 9.59 Å². The Balaban J connectivity index is 1.99. The summed E-state index contributed by atoms with van der Waals surface area (Å²) in [7, 11) is 0. The van der Waals surface area contributed by atoms with Crippen molar-refractivity contribution in [1.82, 2.24) is 5.32 Å². The van der Waals surface area contributed by atoms with Crippen molar-refractivity contribution in [3.8, 4) is 0 Å². The standard InChI is InChI=1S/C17H24N2O3/c1-11-4-6-15(7-5-11)19-9-14(8-16(19)21)17(22)18-13(3)12(2)10-20/h4-7,12-14,20H,8-10H2,1-3H3,(H,18,22). The van der Waals surface area contributed by atoms with Crippen LogP contribution in [0.3, 0.4) is 0 Å². The second kappa shape index (κ2) is 6.92. The number of aliphatic hydroxyl groups is 1. The van der Waals surface area contributed by atoms with Gasteiger partial charge in [-0.1, -0.05) is 24.6 Å². The zero-order chi connectivity index (χ0) is 16.3. The van der Waals surface area contributed by atoms with Crippen LogP contribution in [0.15, 0.2) is 24.3 Å². The van der Waals surface area contributed by atoms with Crippen molar-refractivity contribution in [2.75, 3.05) is 18.1 Å². The Kier molecular flexibility index (Phi) is 5.19. The van der Waals surface area contributed by atoms with Crippen LogP contribution in [0.4, 0.5) is 5.69 Å². The van der Waals surface area contributed by atoms with E-state index in [1.807, 2.05) is 45.0 Å². The largest absolute Gasteiger partial charge is 0.396 e. The molecule has 0 aliphatic carbocycles. The highest BCUT2D eigenvalue weighted by Gasteiger charge is 2.35. The van der Waals surface area contributed by atoms with Crippen molar-refractivity contribution in [3.63, 3.8) is 0 Å². The number of anilines is 1. The van der Waals surface area contributed by atoms with Gasteiger partial charge in [-0.15, -0.1) is 0 Å². The van der Waals surface area contributed by atoms with Crippen LogP contribution in [-0.4, -0.2) is 36.1 Å². The number of nitrogens with zero attached hydrogens (tertiary/aromatic N) is 1. The van der Waals surface area contributed by atoms with Gasteiger partial charge in [0.05, 0.1) is 5.92 Å². The molecule has 5 nitrogen and oxygen atoms in total. The van der Waals surface area contributed by atoms with Crippen LogP contribution in [0.2, 0.25) is 0 Å². The maximum Gasteiger partial charge on any atom is 0.227 e. The molecule has 5 heteroatoms. The highest BCUT2D eigenvalue weighted by Crippen LogP contribution is 2.25. The van der Waals surface area contributed by atoms with Gasteiger partial charge in [0, 0.05) is 31.3 Å². The Morgan fingerprint density at radius 3 is 2.59 bits per heavy atom. The Hall–Kier alpha value is -1.88. The number of carbonyl (C=O) groups is 2. The minimum atomic E-state index is -0.331. The third kappa shape index (κ3) is 3.65. The van der Waals surface area contributed by atoms with E-state index in [1.165, 1.54) is 0 Å². The third-order valence-corrected chi connectivity index (χ3v) is 4.35. The van der Waals surface area contributed by atoms with Gasteiger partial charge in [0.1, 0.15) is 0 Å². The lowest BCUT2D eigenvalue weighted by Crippen LogP contribution is -2.42. The summed E-state index contributed by atoms with van der Waals surface area (Å²) < 4.78 is 0. The molecule has 0 radical (unpaired) electrons. The molecule has 1 aromatic rings. The molecular formula is C17H24N2O3. The Morgan fingerprint density at radius 2 is 2.00 bits per heavy atom. The minimum Gasteiger partial charge on any atom is -0.396 e. The van der Waals surface area contributed by atoms with Crippen molar-refractivity contribution in [2.24, 2.45) is 11.8 Å². The maximum atomic E-state index is 12.3. The van der Waals surface area contributed by atoms with E-state index in [0.717, 1.165) is 11.3 Å². The summed E-state index contributed by atoms with van der Waals surface area (Å²) in [6.07, 6.45) is 0.236. The van der Waals surface area contributed by atoms with E-state index >= 15 is 0 Å². The molecule has 3 atom stereocenters.